The van der Waals surface area contributed by atoms with Crippen LogP contribution in [0.5, 0.6) is 5.75 Å². The topological polar surface area (TPSA) is 85.4 Å². The van der Waals surface area contributed by atoms with E-state index in [1.54, 1.807) is 23.6 Å². The number of thiazole rings is 1. The number of nitrogens with zero attached hydrogens (tertiary/aromatic N) is 1. The van der Waals surface area contributed by atoms with Gasteiger partial charge in [-0.25, -0.2) is 13.4 Å². The number of sulfone groups is 1. The number of amides is 1. The molecule has 0 saturated carbocycles. The molecular formula is C18H14F2N2O4S2. The van der Waals surface area contributed by atoms with Crippen LogP contribution in [0.3, 0.4) is 0 Å². The predicted molar refractivity (Wildman–Crippen MR) is 102 cm³/mol. The minimum atomic E-state index is -3.35. The molecule has 0 saturated heterocycles. The molecule has 1 aromatic heterocycles. The maximum atomic E-state index is 12.5. The number of aromatic nitrogens is 1. The van der Waals surface area contributed by atoms with Gasteiger partial charge in [-0.1, -0.05) is 12.1 Å². The number of carbonyl (C=O) groups is 1. The maximum Gasteiger partial charge on any atom is 0.387 e. The molecule has 0 aliphatic carbocycles. The number of carbonyl (C=O) groups excluding carboxylic acids is 1. The molecule has 0 unspecified atom stereocenters. The Morgan fingerprint density at radius 1 is 1.14 bits per heavy atom. The highest BCUT2D eigenvalue weighted by Crippen LogP contribution is 2.33. The van der Waals surface area contributed by atoms with E-state index in [0.717, 1.165) is 17.6 Å². The van der Waals surface area contributed by atoms with Gasteiger partial charge in [0, 0.05) is 22.8 Å². The van der Waals surface area contributed by atoms with E-state index in [9.17, 15) is 22.0 Å². The summed E-state index contributed by atoms with van der Waals surface area (Å²) in [5.41, 5.74) is 1.01. The number of halogens is 2. The number of nitrogens with one attached hydrogen (secondary N) is 1. The molecular weight excluding hydrogens is 410 g/mol. The van der Waals surface area contributed by atoms with Crippen LogP contribution in [0.15, 0.2) is 58.8 Å². The molecule has 0 bridgehead atoms. The van der Waals surface area contributed by atoms with Crippen molar-refractivity contribution in [1.82, 2.24) is 4.98 Å². The van der Waals surface area contributed by atoms with E-state index >= 15 is 0 Å². The number of para-hydroxylation sites is 1. The lowest BCUT2D eigenvalue weighted by Gasteiger charge is -2.08. The summed E-state index contributed by atoms with van der Waals surface area (Å²) >= 11 is 1.12. The third kappa shape index (κ3) is 4.70. The average Bonchev–Trinajstić information content (AvgIpc) is 3.09. The third-order valence-electron chi connectivity index (χ3n) is 3.65. The highest BCUT2D eigenvalue weighted by Gasteiger charge is 2.15. The third-order valence-corrected chi connectivity index (χ3v) is 5.53. The number of anilines is 1. The Balaban J connectivity index is 1.77. The quantitative estimate of drug-likeness (QED) is 0.645. The zero-order valence-electron chi connectivity index (χ0n) is 14.4. The zero-order valence-corrected chi connectivity index (χ0v) is 16.1. The molecule has 0 aliphatic heterocycles. The molecule has 146 valence electrons. The van der Waals surface area contributed by atoms with Crippen LogP contribution >= 0.6 is 11.3 Å². The first-order valence-electron chi connectivity index (χ1n) is 7.85. The first-order valence-corrected chi connectivity index (χ1v) is 10.6. The monoisotopic (exact) mass is 424 g/mol. The van der Waals surface area contributed by atoms with Crippen molar-refractivity contribution >= 4 is 32.2 Å². The van der Waals surface area contributed by atoms with Gasteiger partial charge >= 0.3 is 6.61 Å². The van der Waals surface area contributed by atoms with Crippen LogP contribution in [0.1, 0.15) is 10.4 Å². The molecule has 0 fully saturated rings. The molecule has 3 aromatic rings. The molecule has 2 aromatic carbocycles. The Bertz CT molecular complexity index is 1100. The van der Waals surface area contributed by atoms with Gasteiger partial charge in [-0.2, -0.15) is 8.78 Å². The number of hydrogen-bond donors (Lipinski definition) is 1. The first-order chi connectivity index (χ1) is 13.2. The minimum absolute atomic E-state index is 0.0166. The standard InChI is InChI=1S/C18H14F2N2O4S2/c1-28(24,25)12-8-6-11(7-9-12)16(23)22-18-21-14(10-27-18)13-4-2-3-5-15(13)26-17(19)20/h2-10,17H,1H3,(H,21,22,23). The second-order valence-corrected chi connectivity index (χ2v) is 8.54. The zero-order chi connectivity index (χ0) is 20.3. The summed E-state index contributed by atoms with van der Waals surface area (Å²) in [6.45, 7) is -2.96. The van der Waals surface area contributed by atoms with Gasteiger partial charge in [-0.15, -0.1) is 11.3 Å². The van der Waals surface area contributed by atoms with Crippen molar-refractivity contribution in [1.29, 1.82) is 0 Å². The lowest BCUT2D eigenvalue weighted by Crippen LogP contribution is -2.12. The van der Waals surface area contributed by atoms with Gasteiger partial charge in [0.25, 0.3) is 5.91 Å². The molecule has 6 nitrogen and oxygen atoms in total. The van der Waals surface area contributed by atoms with Crippen molar-refractivity contribution in [3.8, 4) is 17.0 Å². The molecule has 28 heavy (non-hydrogen) atoms. The Kier molecular flexibility index (Phi) is 5.71. The molecule has 1 heterocycles. The summed E-state index contributed by atoms with van der Waals surface area (Å²) in [4.78, 5) is 16.7. The fourth-order valence-electron chi connectivity index (χ4n) is 2.35. The Morgan fingerprint density at radius 2 is 1.82 bits per heavy atom. The highest BCUT2D eigenvalue weighted by molar-refractivity contribution is 7.90. The predicted octanol–water partition coefficient (Wildman–Crippen LogP) is 4.07. The molecule has 0 atom stereocenters. The molecule has 0 radical (unpaired) electrons. The first kappa shape index (κ1) is 19.9. The Labute approximate surface area is 163 Å². The van der Waals surface area contributed by atoms with Crippen molar-refractivity contribution in [2.24, 2.45) is 0 Å². The van der Waals surface area contributed by atoms with Crippen LogP contribution in [0, 0.1) is 0 Å². The van der Waals surface area contributed by atoms with E-state index in [1.165, 1.54) is 30.3 Å². The van der Waals surface area contributed by atoms with Gasteiger partial charge in [-0.3, -0.25) is 10.1 Å². The van der Waals surface area contributed by atoms with Crippen LogP contribution < -0.4 is 10.1 Å². The van der Waals surface area contributed by atoms with Crippen LogP contribution in [-0.4, -0.2) is 32.2 Å². The Hall–Kier alpha value is -2.85. The van der Waals surface area contributed by atoms with Crippen molar-refractivity contribution in [3.05, 3.63) is 59.5 Å². The second kappa shape index (κ2) is 8.03. The lowest BCUT2D eigenvalue weighted by atomic mass is 10.1. The van der Waals surface area contributed by atoms with Crippen LogP contribution in [0.4, 0.5) is 13.9 Å². The summed E-state index contributed by atoms with van der Waals surface area (Å²) in [6.07, 6.45) is 1.08. The SMILES string of the molecule is CS(=O)(=O)c1ccc(C(=O)Nc2nc(-c3ccccc3OC(F)F)cs2)cc1. The number of rotatable bonds is 6. The second-order valence-electron chi connectivity index (χ2n) is 5.66. The summed E-state index contributed by atoms with van der Waals surface area (Å²) < 4.78 is 52.5. The van der Waals surface area contributed by atoms with Gasteiger partial charge in [0.1, 0.15) is 5.75 Å². The summed E-state index contributed by atoms with van der Waals surface area (Å²) in [5, 5.41) is 4.47. The van der Waals surface area contributed by atoms with Crippen molar-refractivity contribution < 1.29 is 26.7 Å². The molecule has 1 N–H and O–H groups in total. The van der Waals surface area contributed by atoms with E-state index in [4.69, 9.17) is 0 Å². The van der Waals surface area contributed by atoms with E-state index < -0.39 is 22.4 Å². The van der Waals surface area contributed by atoms with E-state index in [1.807, 2.05) is 0 Å². The van der Waals surface area contributed by atoms with E-state index in [-0.39, 0.29) is 21.3 Å². The normalized spacial score (nSPS) is 11.4. The molecule has 0 spiro atoms. The smallest absolute Gasteiger partial charge is 0.387 e. The number of hydrogen-bond acceptors (Lipinski definition) is 6. The maximum absolute atomic E-state index is 12.5. The van der Waals surface area contributed by atoms with Crippen LogP contribution in [0.2, 0.25) is 0 Å². The summed E-state index contributed by atoms with van der Waals surface area (Å²) in [6, 6.07) is 11.7. The van der Waals surface area contributed by atoms with Crippen molar-refractivity contribution in [3.63, 3.8) is 0 Å². The fraction of sp³-hybridized carbons (Fsp3) is 0.111. The molecule has 0 aliphatic rings. The largest absolute Gasteiger partial charge is 0.434 e. The molecule has 1 amide bonds. The van der Waals surface area contributed by atoms with Crippen LogP contribution in [0.25, 0.3) is 11.3 Å². The van der Waals surface area contributed by atoms with Gasteiger partial charge < -0.3 is 4.74 Å². The number of ether oxygens (including phenoxy) is 1. The molecule has 3 rings (SSSR count). The van der Waals surface area contributed by atoms with Crippen molar-refractivity contribution in [2.45, 2.75) is 11.5 Å². The summed E-state index contributed by atoms with van der Waals surface area (Å²) in [7, 11) is -3.35. The van der Waals surface area contributed by atoms with E-state index in [2.05, 4.69) is 15.0 Å². The highest BCUT2D eigenvalue weighted by atomic mass is 32.2. The minimum Gasteiger partial charge on any atom is -0.434 e. The van der Waals surface area contributed by atoms with Crippen LogP contribution in [-0.2, 0) is 9.84 Å². The number of benzene rings is 2. The van der Waals surface area contributed by atoms with Gasteiger partial charge in [-0.05, 0) is 36.4 Å². The van der Waals surface area contributed by atoms with E-state index in [0.29, 0.717) is 11.3 Å². The van der Waals surface area contributed by atoms with Gasteiger partial charge in [0.05, 0.1) is 10.6 Å². The van der Waals surface area contributed by atoms with Gasteiger partial charge in [0.15, 0.2) is 15.0 Å². The Morgan fingerprint density at radius 3 is 2.46 bits per heavy atom. The van der Waals surface area contributed by atoms with Gasteiger partial charge in [0.2, 0.25) is 0 Å². The fourth-order valence-corrected chi connectivity index (χ4v) is 3.69. The van der Waals surface area contributed by atoms with Crippen molar-refractivity contribution in [2.75, 3.05) is 11.6 Å². The molecule has 10 heteroatoms. The summed E-state index contributed by atoms with van der Waals surface area (Å²) in [5.74, 6) is -0.491. The lowest BCUT2D eigenvalue weighted by molar-refractivity contribution is -0.0494. The average molecular weight is 424 g/mol. The number of alkyl halides is 2.